The Hall–Kier alpha value is -4.10. The van der Waals surface area contributed by atoms with Crippen molar-refractivity contribution in [2.75, 3.05) is 11.9 Å². The zero-order valence-corrected chi connectivity index (χ0v) is 17.6. The van der Waals surface area contributed by atoms with E-state index in [0.29, 0.717) is 11.6 Å². The highest BCUT2D eigenvalue weighted by molar-refractivity contribution is 5.89. The molecule has 0 aliphatic rings. The Morgan fingerprint density at radius 2 is 1.84 bits per heavy atom. The zero-order chi connectivity index (χ0) is 21.9. The summed E-state index contributed by atoms with van der Waals surface area (Å²) in [5.74, 6) is 1.16. The fraction of sp³-hybridized carbons (Fsp3) is 0.120. The topological polar surface area (TPSA) is 88.2 Å². The maximum Gasteiger partial charge on any atom is 0.183 e. The number of fused-ring (bicyclic) bond motifs is 1. The number of hydrogen-bond donors (Lipinski definition) is 2. The van der Waals surface area contributed by atoms with Gasteiger partial charge in [0.25, 0.3) is 0 Å². The van der Waals surface area contributed by atoms with Crippen LogP contribution in [0.3, 0.4) is 0 Å². The SMILES string of the molecule is Cc1cncc(-c2nc(NC(CO)c3ccccn3)c3c(-c4ccccc4)ccn3n2)c1. The molecule has 0 amide bonds. The van der Waals surface area contributed by atoms with Crippen molar-refractivity contribution in [1.82, 2.24) is 24.6 Å². The summed E-state index contributed by atoms with van der Waals surface area (Å²) in [6.45, 7) is 1.86. The molecule has 32 heavy (non-hydrogen) atoms. The normalized spacial score (nSPS) is 12.1. The van der Waals surface area contributed by atoms with Crippen LogP contribution in [0, 0.1) is 6.92 Å². The number of rotatable bonds is 6. The van der Waals surface area contributed by atoms with Crippen molar-refractivity contribution in [2.24, 2.45) is 0 Å². The number of anilines is 1. The van der Waals surface area contributed by atoms with Gasteiger partial charge < -0.3 is 10.4 Å². The summed E-state index contributed by atoms with van der Waals surface area (Å²) in [4.78, 5) is 13.6. The maximum atomic E-state index is 10.1. The van der Waals surface area contributed by atoms with Gasteiger partial charge in [-0.25, -0.2) is 9.50 Å². The highest BCUT2D eigenvalue weighted by atomic mass is 16.3. The Labute approximate surface area is 185 Å². The molecular weight excluding hydrogens is 400 g/mol. The van der Waals surface area contributed by atoms with Crippen LogP contribution in [0.15, 0.2) is 85.5 Å². The van der Waals surface area contributed by atoms with Crippen molar-refractivity contribution in [1.29, 1.82) is 0 Å². The summed E-state index contributed by atoms with van der Waals surface area (Å²) in [6.07, 6.45) is 7.19. The van der Waals surface area contributed by atoms with Crippen LogP contribution in [0.2, 0.25) is 0 Å². The molecule has 0 spiro atoms. The van der Waals surface area contributed by atoms with Crippen molar-refractivity contribution in [3.63, 3.8) is 0 Å². The zero-order valence-electron chi connectivity index (χ0n) is 17.6. The first kappa shape index (κ1) is 19.8. The van der Waals surface area contributed by atoms with Crippen molar-refractivity contribution in [3.05, 3.63) is 96.7 Å². The molecule has 7 nitrogen and oxygen atoms in total. The molecule has 158 valence electrons. The fourth-order valence-electron chi connectivity index (χ4n) is 3.74. The lowest BCUT2D eigenvalue weighted by Gasteiger charge is -2.18. The van der Waals surface area contributed by atoms with Crippen molar-refractivity contribution >= 4 is 11.3 Å². The minimum atomic E-state index is -0.420. The van der Waals surface area contributed by atoms with Gasteiger partial charge in [0.1, 0.15) is 5.52 Å². The molecule has 5 rings (SSSR count). The molecule has 0 bridgehead atoms. The fourth-order valence-corrected chi connectivity index (χ4v) is 3.74. The van der Waals surface area contributed by atoms with E-state index in [2.05, 4.69) is 27.4 Å². The summed E-state index contributed by atoms with van der Waals surface area (Å²) in [5, 5.41) is 18.3. The number of pyridine rings is 2. The van der Waals surface area contributed by atoms with Crippen LogP contribution in [-0.2, 0) is 0 Å². The third-order valence-corrected chi connectivity index (χ3v) is 5.27. The Bertz CT molecular complexity index is 1350. The largest absolute Gasteiger partial charge is 0.394 e. The summed E-state index contributed by atoms with van der Waals surface area (Å²) < 4.78 is 1.82. The highest BCUT2D eigenvalue weighted by Gasteiger charge is 2.19. The van der Waals surface area contributed by atoms with Gasteiger partial charge in [-0.2, -0.15) is 0 Å². The Kier molecular flexibility index (Phi) is 5.31. The van der Waals surface area contributed by atoms with E-state index in [1.807, 2.05) is 66.2 Å². The Balaban J connectivity index is 1.69. The highest BCUT2D eigenvalue weighted by Crippen LogP contribution is 2.32. The first-order chi connectivity index (χ1) is 15.7. The second-order valence-electron chi connectivity index (χ2n) is 7.56. The summed E-state index contributed by atoms with van der Waals surface area (Å²) in [5.41, 5.74) is 5.47. The maximum absolute atomic E-state index is 10.1. The number of aliphatic hydroxyl groups is 1. The first-order valence-corrected chi connectivity index (χ1v) is 10.4. The predicted octanol–water partition coefficient (Wildman–Crippen LogP) is 4.31. The van der Waals surface area contributed by atoms with Crippen LogP contribution in [0.25, 0.3) is 28.0 Å². The number of nitrogens with one attached hydrogen (secondary N) is 1. The molecule has 0 saturated carbocycles. The summed E-state index contributed by atoms with van der Waals surface area (Å²) >= 11 is 0. The Morgan fingerprint density at radius 3 is 2.59 bits per heavy atom. The van der Waals surface area contributed by atoms with Crippen LogP contribution >= 0.6 is 0 Å². The van der Waals surface area contributed by atoms with Crippen LogP contribution in [0.4, 0.5) is 5.82 Å². The number of benzene rings is 1. The summed E-state index contributed by atoms with van der Waals surface area (Å²) in [7, 11) is 0. The van der Waals surface area contributed by atoms with Gasteiger partial charge in [0, 0.05) is 35.9 Å². The minimum Gasteiger partial charge on any atom is -0.394 e. The van der Waals surface area contributed by atoms with Crippen LogP contribution in [0.5, 0.6) is 0 Å². The molecule has 0 saturated heterocycles. The van der Waals surface area contributed by atoms with Crippen LogP contribution < -0.4 is 5.32 Å². The van der Waals surface area contributed by atoms with E-state index in [1.165, 1.54) is 0 Å². The molecule has 0 aliphatic carbocycles. The Morgan fingerprint density at radius 1 is 1.00 bits per heavy atom. The van der Waals surface area contributed by atoms with Crippen LogP contribution in [0.1, 0.15) is 17.3 Å². The van der Waals surface area contributed by atoms with E-state index < -0.39 is 6.04 Å². The summed E-state index contributed by atoms with van der Waals surface area (Å²) in [6, 6.07) is 19.4. The van der Waals surface area contributed by atoms with Gasteiger partial charge in [-0.15, -0.1) is 5.10 Å². The standard InChI is InChI=1S/C25H22N6O/c1-17-13-19(15-26-14-17)24-29-25(28-22(16-32)21-9-5-6-11-27-21)23-20(10-12-31(23)30-24)18-7-3-2-4-8-18/h2-15,22,32H,16H2,1H3,(H,28,29,30). The van der Waals surface area contributed by atoms with Crippen LogP contribution in [-0.4, -0.2) is 36.3 Å². The lowest BCUT2D eigenvalue weighted by Crippen LogP contribution is -2.18. The van der Waals surface area contributed by atoms with E-state index >= 15 is 0 Å². The smallest absolute Gasteiger partial charge is 0.183 e. The van der Waals surface area contributed by atoms with E-state index in [-0.39, 0.29) is 6.61 Å². The van der Waals surface area contributed by atoms with E-state index in [1.54, 1.807) is 18.6 Å². The molecule has 0 fully saturated rings. The lowest BCUT2D eigenvalue weighted by atomic mass is 10.1. The van der Waals surface area contributed by atoms with E-state index in [0.717, 1.165) is 33.5 Å². The van der Waals surface area contributed by atoms with Gasteiger partial charge in [-0.05, 0) is 42.3 Å². The molecule has 4 aromatic heterocycles. The van der Waals surface area contributed by atoms with Gasteiger partial charge in [0.2, 0.25) is 0 Å². The quantitative estimate of drug-likeness (QED) is 0.424. The molecular formula is C25H22N6O. The average molecular weight is 422 g/mol. The number of nitrogens with zero attached hydrogens (tertiary/aromatic N) is 5. The first-order valence-electron chi connectivity index (χ1n) is 10.4. The third kappa shape index (κ3) is 3.81. The third-order valence-electron chi connectivity index (χ3n) is 5.27. The second kappa shape index (κ2) is 8.56. The molecule has 7 heteroatoms. The predicted molar refractivity (Wildman–Crippen MR) is 124 cm³/mol. The number of aromatic nitrogens is 5. The van der Waals surface area contributed by atoms with Gasteiger partial charge in [-0.1, -0.05) is 36.4 Å². The second-order valence-corrected chi connectivity index (χ2v) is 7.56. The van der Waals surface area contributed by atoms with Crippen molar-refractivity contribution in [3.8, 4) is 22.5 Å². The van der Waals surface area contributed by atoms with Gasteiger partial charge in [0.05, 0.1) is 18.3 Å². The molecule has 0 aliphatic heterocycles. The van der Waals surface area contributed by atoms with Crippen molar-refractivity contribution < 1.29 is 5.11 Å². The minimum absolute atomic E-state index is 0.129. The number of aryl methyl sites for hydroxylation is 1. The lowest BCUT2D eigenvalue weighted by molar-refractivity contribution is 0.274. The number of hydrogen-bond acceptors (Lipinski definition) is 6. The molecule has 4 heterocycles. The van der Waals surface area contributed by atoms with E-state index in [4.69, 9.17) is 10.1 Å². The van der Waals surface area contributed by atoms with Crippen molar-refractivity contribution in [2.45, 2.75) is 13.0 Å². The van der Waals surface area contributed by atoms with Gasteiger partial charge >= 0.3 is 0 Å². The molecule has 0 radical (unpaired) electrons. The average Bonchev–Trinajstić information content (AvgIpc) is 3.28. The molecule has 1 unspecified atom stereocenters. The monoisotopic (exact) mass is 422 g/mol. The molecule has 1 atom stereocenters. The molecule has 1 aromatic carbocycles. The molecule has 5 aromatic rings. The van der Waals surface area contributed by atoms with Gasteiger partial charge in [0.15, 0.2) is 11.6 Å². The number of aliphatic hydroxyl groups excluding tert-OH is 1. The van der Waals surface area contributed by atoms with E-state index in [9.17, 15) is 5.11 Å². The van der Waals surface area contributed by atoms with Gasteiger partial charge in [-0.3, -0.25) is 9.97 Å². The molecule has 2 N–H and O–H groups in total.